The van der Waals surface area contributed by atoms with E-state index in [1.807, 2.05) is 54.0 Å². The van der Waals surface area contributed by atoms with Crippen molar-refractivity contribution in [1.82, 2.24) is 19.5 Å². The molecular weight excluding hydrogens is 506 g/mol. The van der Waals surface area contributed by atoms with Gasteiger partial charge in [-0.2, -0.15) is 0 Å². The minimum atomic E-state index is -1.21. The van der Waals surface area contributed by atoms with Gasteiger partial charge in [-0.05, 0) is 62.4 Å². The summed E-state index contributed by atoms with van der Waals surface area (Å²) in [6.07, 6.45) is 2.27. The first-order valence-electron chi connectivity index (χ1n) is 12.6. The maximum absolute atomic E-state index is 11.9. The molecule has 1 unspecified atom stereocenters. The molecule has 0 bridgehead atoms. The Hall–Kier alpha value is -3.69. The number of carboxylic acid groups (broad SMARTS) is 1. The van der Waals surface area contributed by atoms with Gasteiger partial charge in [0.2, 0.25) is 5.82 Å². The van der Waals surface area contributed by atoms with E-state index >= 15 is 0 Å². The molecule has 9 nitrogen and oxygen atoms in total. The molecular formula is C28H30ClN5O4. The van der Waals surface area contributed by atoms with E-state index in [4.69, 9.17) is 26.1 Å². The second-order valence-electron chi connectivity index (χ2n) is 9.63. The third-order valence-electron chi connectivity index (χ3n) is 6.66. The quantitative estimate of drug-likeness (QED) is 0.244. The normalized spacial score (nSPS) is 14.0. The van der Waals surface area contributed by atoms with E-state index in [0.717, 1.165) is 29.5 Å². The number of halogens is 1. The monoisotopic (exact) mass is 535 g/mol. The molecule has 0 amide bonds. The predicted molar refractivity (Wildman–Crippen MR) is 146 cm³/mol. The first-order valence-corrected chi connectivity index (χ1v) is 13.0. The number of imidazole rings is 1. The van der Waals surface area contributed by atoms with Crippen molar-refractivity contribution >= 4 is 34.6 Å². The molecule has 2 aromatic heterocycles. The van der Waals surface area contributed by atoms with Crippen molar-refractivity contribution in [3.8, 4) is 17.1 Å². The van der Waals surface area contributed by atoms with Crippen LogP contribution in [0.1, 0.15) is 41.5 Å². The van der Waals surface area contributed by atoms with Crippen molar-refractivity contribution in [1.29, 1.82) is 0 Å². The number of aromatic carboxylic acids is 1. The van der Waals surface area contributed by atoms with E-state index in [2.05, 4.69) is 22.2 Å². The van der Waals surface area contributed by atoms with Gasteiger partial charge in [-0.25, -0.2) is 19.7 Å². The highest BCUT2D eigenvalue weighted by atomic mass is 35.5. The van der Waals surface area contributed by atoms with Crippen molar-refractivity contribution < 1.29 is 19.4 Å². The summed E-state index contributed by atoms with van der Waals surface area (Å²) in [7, 11) is 1.63. The molecule has 5 rings (SSSR count). The molecule has 1 aliphatic carbocycles. The molecule has 0 spiro atoms. The highest BCUT2D eigenvalue weighted by molar-refractivity contribution is 6.30. The van der Waals surface area contributed by atoms with Gasteiger partial charge in [0.15, 0.2) is 11.5 Å². The number of hydrogen-bond donors (Lipinski definition) is 2. The van der Waals surface area contributed by atoms with Crippen LogP contribution in [0.3, 0.4) is 0 Å². The van der Waals surface area contributed by atoms with Gasteiger partial charge < -0.3 is 24.5 Å². The van der Waals surface area contributed by atoms with Gasteiger partial charge in [-0.15, -0.1) is 0 Å². The zero-order chi connectivity index (χ0) is 26.8. The summed E-state index contributed by atoms with van der Waals surface area (Å²) >= 11 is 6.15. The maximum atomic E-state index is 11.9. The first kappa shape index (κ1) is 25.9. The number of fused-ring (bicyclic) bond motifs is 1. The summed E-state index contributed by atoms with van der Waals surface area (Å²) in [5, 5.41) is 13.9. The average Bonchev–Trinajstić information content (AvgIpc) is 3.68. The Balaban J connectivity index is 1.73. The number of methoxy groups -OCH3 is 1. The summed E-state index contributed by atoms with van der Waals surface area (Å²) in [5.74, 6) is 0.720. The van der Waals surface area contributed by atoms with E-state index in [-0.39, 0.29) is 11.9 Å². The van der Waals surface area contributed by atoms with Crippen molar-refractivity contribution in [3.05, 3.63) is 64.4 Å². The van der Waals surface area contributed by atoms with Crippen LogP contribution in [0.2, 0.25) is 5.02 Å². The summed E-state index contributed by atoms with van der Waals surface area (Å²) in [6.45, 7) is 5.35. The number of anilines is 1. The van der Waals surface area contributed by atoms with Gasteiger partial charge in [0.1, 0.15) is 23.7 Å². The Labute approximate surface area is 225 Å². The van der Waals surface area contributed by atoms with Crippen LogP contribution in [0.15, 0.2) is 42.5 Å². The van der Waals surface area contributed by atoms with Crippen molar-refractivity contribution in [3.63, 3.8) is 0 Å². The van der Waals surface area contributed by atoms with Crippen LogP contribution in [0, 0.1) is 12.8 Å². The van der Waals surface area contributed by atoms with Crippen LogP contribution in [-0.2, 0) is 11.3 Å². The molecule has 0 aliphatic heterocycles. The van der Waals surface area contributed by atoms with Gasteiger partial charge in [0.05, 0.1) is 12.2 Å². The third kappa shape index (κ3) is 5.58. The Morgan fingerprint density at radius 3 is 2.61 bits per heavy atom. The van der Waals surface area contributed by atoms with Gasteiger partial charge in [-0.1, -0.05) is 35.4 Å². The Morgan fingerprint density at radius 2 is 1.92 bits per heavy atom. The summed E-state index contributed by atoms with van der Waals surface area (Å²) in [6, 6.07) is 13.6. The van der Waals surface area contributed by atoms with Crippen LogP contribution < -0.4 is 10.1 Å². The van der Waals surface area contributed by atoms with Gasteiger partial charge >= 0.3 is 5.97 Å². The molecule has 1 fully saturated rings. The standard InChI is InChI=1S/C28H30ClN5O4/c1-16-4-11-22(38-13-12-37-3)21(14-16)27-33-25-23(34(27)15-18-5-9-20(29)10-6-18)24(30-17(2)19-7-8-19)31-26(32-25)28(35)36/h4-6,9-11,14,17,19H,7-8,12-13,15H2,1-3H3,(H,35,36)(H,30,31,32). The maximum Gasteiger partial charge on any atom is 0.374 e. The number of aryl methyl sites for hydroxylation is 1. The fourth-order valence-corrected chi connectivity index (χ4v) is 4.60. The number of benzene rings is 2. The molecule has 10 heteroatoms. The average molecular weight is 536 g/mol. The summed E-state index contributed by atoms with van der Waals surface area (Å²) in [5.41, 5.74) is 3.73. The number of hydrogen-bond acceptors (Lipinski definition) is 7. The zero-order valence-electron chi connectivity index (χ0n) is 21.6. The van der Waals surface area contributed by atoms with E-state index in [1.165, 1.54) is 0 Å². The van der Waals surface area contributed by atoms with E-state index in [0.29, 0.717) is 59.3 Å². The van der Waals surface area contributed by atoms with Crippen LogP contribution >= 0.6 is 11.6 Å². The van der Waals surface area contributed by atoms with Crippen molar-refractivity contribution in [2.45, 2.75) is 39.3 Å². The molecule has 1 aliphatic rings. The second-order valence-corrected chi connectivity index (χ2v) is 10.1. The molecule has 0 radical (unpaired) electrons. The Morgan fingerprint density at radius 1 is 1.16 bits per heavy atom. The Bertz CT molecular complexity index is 1470. The lowest BCUT2D eigenvalue weighted by atomic mass is 10.1. The SMILES string of the molecule is COCCOc1ccc(C)cc1-c1nc2nc(C(=O)O)nc(NC(C)C3CC3)c2n1Cc1ccc(Cl)cc1. The molecule has 1 saturated carbocycles. The van der Waals surface area contributed by atoms with Crippen LogP contribution in [-0.4, -0.2) is 57.0 Å². The van der Waals surface area contributed by atoms with Crippen LogP contribution in [0.25, 0.3) is 22.6 Å². The molecule has 2 N–H and O–H groups in total. The van der Waals surface area contributed by atoms with Crippen LogP contribution in [0.4, 0.5) is 5.82 Å². The molecule has 1 atom stereocenters. The minimum absolute atomic E-state index is 0.129. The molecule has 0 saturated heterocycles. The molecule has 4 aromatic rings. The van der Waals surface area contributed by atoms with E-state index in [9.17, 15) is 9.90 Å². The van der Waals surface area contributed by atoms with E-state index in [1.54, 1.807) is 7.11 Å². The minimum Gasteiger partial charge on any atom is -0.490 e. The smallest absolute Gasteiger partial charge is 0.374 e. The number of nitrogens with one attached hydrogen (secondary N) is 1. The molecule has 2 heterocycles. The van der Waals surface area contributed by atoms with Gasteiger partial charge in [0, 0.05) is 24.7 Å². The third-order valence-corrected chi connectivity index (χ3v) is 6.91. The lowest BCUT2D eigenvalue weighted by Gasteiger charge is -2.17. The fraction of sp³-hybridized carbons (Fsp3) is 0.357. The fourth-order valence-electron chi connectivity index (χ4n) is 4.47. The zero-order valence-corrected chi connectivity index (χ0v) is 22.3. The number of ether oxygens (including phenoxy) is 2. The largest absolute Gasteiger partial charge is 0.490 e. The van der Waals surface area contributed by atoms with E-state index < -0.39 is 5.97 Å². The van der Waals surface area contributed by atoms with Crippen molar-refractivity contribution in [2.24, 2.45) is 5.92 Å². The van der Waals surface area contributed by atoms with Crippen LogP contribution in [0.5, 0.6) is 5.75 Å². The molecule has 198 valence electrons. The topological polar surface area (TPSA) is 111 Å². The first-order chi connectivity index (χ1) is 18.3. The number of nitrogens with zero attached hydrogens (tertiary/aromatic N) is 4. The lowest BCUT2D eigenvalue weighted by molar-refractivity contribution is 0.0684. The number of carboxylic acids is 1. The number of aromatic nitrogens is 4. The Kier molecular flexibility index (Phi) is 7.49. The summed E-state index contributed by atoms with van der Waals surface area (Å²) in [4.78, 5) is 25.5. The molecule has 38 heavy (non-hydrogen) atoms. The van der Waals surface area contributed by atoms with Crippen molar-refractivity contribution in [2.75, 3.05) is 25.6 Å². The summed E-state index contributed by atoms with van der Waals surface area (Å²) < 4.78 is 13.2. The second kappa shape index (κ2) is 11.0. The highest BCUT2D eigenvalue weighted by Gasteiger charge is 2.30. The predicted octanol–water partition coefficient (Wildman–Crippen LogP) is 5.44. The number of carbonyl (C=O) groups is 1. The lowest BCUT2D eigenvalue weighted by Crippen LogP contribution is -2.20. The molecule has 2 aromatic carbocycles. The van der Waals surface area contributed by atoms with Gasteiger partial charge in [0.25, 0.3) is 0 Å². The number of rotatable bonds is 11. The highest BCUT2D eigenvalue weighted by Crippen LogP contribution is 2.37. The van der Waals surface area contributed by atoms with Gasteiger partial charge in [-0.3, -0.25) is 0 Å².